The number of piperidine rings is 2. The van der Waals surface area contributed by atoms with Gasteiger partial charge in [0, 0.05) is 32.3 Å². The van der Waals surface area contributed by atoms with Crippen molar-refractivity contribution in [2.24, 2.45) is 6.98 Å². The van der Waals surface area contributed by atoms with Crippen LogP contribution in [0.15, 0.2) is 24.4 Å². The Balaban J connectivity index is 1.35. The molecule has 6 rings (SSSR count). The SMILES string of the molecule is [2H]C([2H])([2H])n1nnc(-c2ccc(-c3ncc(N([C@@H]4C[C@@]5(C)CCC[C@](C)(N5)[C@@H]4F)C4([2H])C([2H])([2H])C4([2H])[2H])nn3)c(O)c2)n1. The lowest BCUT2D eigenvalue weighted by atomic mass is 9.68. The van der Waals surface area contributed by atoms with Crippen LogP contribution in [0, 0.1) is 0 Å². The quantitative estimate of drug-likeness (QED) is 0.560. The molecule has 1 aliphatic carbocycles. The van der Waals surface area contributed by atoms with Crippen molar-refractivity contribution in [1.82, 2.24) is 40.7 Å². The van der Waals surface area contributed by atoms with E-state index in [2.05, 4.69) is 35.9 Å². The van der Waals surface area contributed by atoms with Crippen molar-refractivity contribution in [3.63, 3.8) is 0 Å². The van der Waals surface area contributed by atoms with Gasteiger partial charge in [0.05, 0.1) is 26.1 Å². The van der Waals surface area contributed by atoms with Crippen LogP contribution in [0.2, 0.25) is 0 Å². The second-order valence-corrected chi connectivity index (χ2v) is 9.87. The molecule has 11 heteroatoms. The van der Waals surface area contributed by atoms with Gasteiger partial charge in [-0.25, -0.2) is 9.37 Å². The van der Waals surface area contributed by atoms with E-state index < -0.39 is 49.0 Å². The van der Waals surface area contributed by atoms with Gasteiger partial charge in [-0.2, -0.15) is 4.80 Å². The highest BCUT2D eigenvalue weighted by molar-refractivity contribution is 5.70. The van der Waals surface area contributed by atoms with Gasteiger partial charge in [0.25, 0.3) is 0 Å². The molecule has 3 aromatic rings. The van der Waals surface area contributed by atoms with E-state index in [1.165, 1.54) is 24.4 Å². The van der Waals surface area contributed by atoms with E-state index in [1.807, 2.05) is 6.92 Å². The Hall–Kier alpha value is -3.21. The molecular weight excluding hydrogens is 449 g/mol. The van der Waals surface area contributed by atoms with Crippen LogP contribution in [-0.2, 0) is 6.98 Å². The molecule has 1 aromatic carbocycles. The summed E-state index contributed by atoms with van der Waals surface area (Å²) < 4.78 is 80.8. The van der Waals surface area contributed by atoms with Crippen molar-refractivity contribution < 1.29 is 20.5 Å². The molecule has 0 spiro atoms. The minimum Gasteiger partial charge on any atom is -0.507 e. The summed E-state index contributed by atoms with van der Waals surface area (Å²) in [4.78, 5) is 5.82. The highest BCUT2D eigenvalue weighted by atomic mass is 19.1. The smallest absolute Gasteiger partial charge is 0.205 e. The molecule has 184 valence electrons. The summed E-state index contributed by atoms with van der Waals surface area (Å²) in [6.45, 7) is 1.09. The molecule has 0 radical (unpaired) electrons. The standard InChI is InChI=1S/C24H30FN9O/c1-23-9-4-10-24(2,31-23)20(25)17(12-23)34(15-6-7-15)19-13-26-22(28-27-19)16-8-5-14(11-18(16)35)21-29-32-33(3)30-21/h5,8,11,13,15,17,20,31,35H,4,6-7,9-10,12H2,1-3H3/t17-,20-,23-,24+/m1/s1/i3D3,6D2,7D2,15D. The number of phenolic OH excluding ortho intramolecular Hbond substituents is 1. The van der Waals surface area contributed by atoms with Crippen molar-refractivity contribution >= 4 is 5.82 Å². The topological polar surface area (TPSA) is 118 Å². The van der Waals surface area contributed by atoms with Crippen molar-refractivity contribution in [3.8, 4) is 28.5 Å². The Morgan fingerprint density at radius 2 is 2.11 bits per heavy atom. The van der Waals surface area contributed by atoms with Gasteiger partial charge in [0.2, 0.25) is 5.82 Å². The average Bonchev–Trinajstić information content (AvgIpc) is 3.29. The van der Waals surface area contributed by atoms with E-state index in [1.54, 1.807) is 6.92 Å². The largest absolute Gasteiger partial charge is 0.507 e. The van der Waals surface area contributed by atoms with Gasteiger partial charge in [-0.3, -0.25) is 0 Å². The lowest BCUT2D eigenvalue weighted by Gasteiger charge is -2.57. The van der Waals surface area contributed by atoms with Crippen LogP contribution in [0.1, 0.15) is 63.2 Å². The molecule has 35 heavy (non-hydrogen) atoms. The van der Waals surface area contributed by atoms with E-state index in [-0.39, 0.29) is 40.8 Å². The molecule has 10 nitrogen and oxygen atoms in total. The molecule has 2 bridgehead atoms. The van der Waals surface area contributed by atoms with Gasteiger partial charge < -0.3 is 15.3 Å². The zero-order chi connectivity index (χ0) is 31.4. The number of rotatable bonds is 5. The fourth-order valence-corrected chi connectivity index (χ4v) is 5.52. The molecule has 4 atom stereocenters. The van der Waals surface area contributed by atoms with E-state index >= 15 is 4.39 Å². The molecule has 4 heterocycles. The minimum absolute atomic E-state index is 0.0355. The third kappa shape index (κ3) is 3.91. The number of fused-ring (bicyclic) bond motifs is 2. The first-order valence-electron chi connectivity index (χ1n) is 15.4. The van der Waals surface area contributed by atoms with Crippen LogP contribution in [0.3, 0.4) is 0 Å². The van der Waals surface area contributed by atoms with Crippen LogP contribution in [0.4, 0.5) is 10.2 Å². The fourth-order valence-electron chi connectivity index (χ4n) is 5.52. The summed E-state index contributed by atoms with van der Waals surface area (Å²) in [5.74, 6) is -0.556. The van der Waals surface area contributed by atoms with Gasteiger partial charge >= 0.3 is 0 Å². The Morgan fingerprint density at radius 3 is 2.80 bits per heavy atom. The number of tetrazole rings is 1. The predicted molar refractivity (Wildman–Crippen MR) is 127 cm³/mol. The van der Waals surface area contributed by atoms with Crippen molar-refractivity contribution in [3.05, 3.63) is 24.4 Å². The lowest BCUT2D eigenvalue weighted by molar-refractivity contribution is 0.000258. The maximum absolute atomic E-state index is 16.3. The van der Waals surface area contributed by atoms with E-state index in [0.29, 0.717) is 11.2 Å². The van der Waals surface area contributed by atoms with Crippen molar-refractivity contribution in [2.75, 3.05) is 4.90 Å². The number of nitrogens with zero attached hydrogens (tertiary/aromatic N) is 8. The summed E-state index contributed by atoms with van der Waals surface area (Å²) in [6.07, 6.45) is -3.42. The Morgan fingerprint density at radius 1 is 1.26 bits per heavy atom. The van der Waals surface area contributed by atoms with Crippen LogP contribution in [-0.4, -0.2) is 69.8 Å². The number of benzene rings is 1. The zero-order valence-corrected chi connectivity index (χ0v) is 19.2. The average molecular weight is 488 g/mol. The lowest BCUT2D eigenvalue weighted by Crippen LogP contribution is -2.73. The first-order valence-corrected chi connectivity index (χ1v) is 11.4. The first kappa shape index (κ1) is 15.0. The number of halogens is 1. The third-order valence-corrected chi connectivity index (χ3v) is 7.13. The first-order chi connectivity index (χ1) is 19.8. The molecule has 3 aliphatic rings. The van der Waals surface area contributed by atoms with E-state index in [0.717, 1.165) is 17.7 Å². The van der Waals surface area contributed by atoms with Crippen LogP contribution < -0.4 is 10.2 Å². The maximum atomic E-state index is 16.3. The number of aromatic hydroxyl groups is 1. The number of hydrogen-bond donors (Lipinski definition) is 2. The highest BCUT2D eigenvalue weighted by Crippen LogP contribution is 2.46. The van der Waals surface area contributed by atoms with E-state index in [9.17, 15) is 5.11 Å². The number of hydrogen-bond acceptors (Lipinski definition) is 9. The molecule has 0 unspecified atom stereocenters. The van der Waals surface area contributed by atoms with Gasteiger partial charge in [0.1, 0.15) is 11.9 Å². The molecule has 2 saturated heterocycles. The van der Waals surface area contributed by atoms with Crippen molar-refractivity contribution in [1.29, 1.82) is 0 Å². The number of nitrogens with one attached hydrogen (secondary N) is 1. The Labute approximate surface area is 214 Å². The fraction of sp³-hybridized carbons (Fsp3) is 0.583. The van der Waals surface area contributed by atoms with Gasteiger partial charge in [-0.15, -0.1) is 20.4 Å². The van der Waals surface area contributed by atoms with E-state index in [4.69, 9.17) is 11.0 Å². The molecular formula is C24H30FN9O. The van der Waals surface area contributed by atoms with Crippen LogP contribution in [0.5, 0.6) is 5.75 Å². The molecule has 2 aromatic heterocycles. The van der Waals surface area contributed by atoms with Crippen molar-refractivity contribution in [2.45, 2.75) is 81.6 Å². The second kappa shape index (κ2) is 7.91. The van der Waals surface area contributed by atoms with Gasteiger partial charge in [-0.1, -0.05) is 6.07 Å². The number of alkyl halides is 1. The molecule has 1 saturated carbocycles. The summed E-state index contributed by atoms with van der Waals surface area (Å²) in [5, 5.41) is 33.4. The zero-order valence-electron chi connectivity index (χ0n) is 27.2. The number of aryl methyl sites for hydroxylation is 1. The van der Waals surface area contributed by atoms with Gasteiger partial charge in [-0.05, 0) is 69.6 Å². The summed E-state index contributed by atoms with van der Waals surface area (Å²) in [5.41, 5.74) is -1.07. The van der Waals surface area contributed by atoms with Gasteiger partial charge in [0.15, 0.2) is 11.6 Å². The summed E-state index contributed by atoms with van der Waals surface area (Å²) >= 11 is 0. The Bertz CT molecular complexity index is 1560. The molecule has 0 amide bonds. The molecule has 2 N–H and O–H groups in total. The second-order valence-electron chi connectivity index (χ2n) is 9.87. The summed E-state index contributed by atoms with van der Waals surface area (Å²) in [6, 6.07) is 0.622. The predicted octanol–water partition coefficient (Wildman–Crippen LogP) is 2.80. The van der Waals surface area contributed by atoms with Crippen LogP contribution in [0.25, 0.3) is 22.8 Å². The normalized spacial score (nSPS) is 37.8. The highest BCUT2D eigenvalue weighted by Gasteiger charge is 2.55. The minimum atomic E-state index is -2.63. The maximum Gasteiger partial charge on any atom is 0.205 e. The number of aromatic nitrogens is 7. The molecule has 3 fully saturated rings. The summed E-state index contributed by atoms with van der Waals surface area (Å²) in [7, 11) is 0. The van der Waals surface area contributed by atoms with Crippen LogP contribution >= 0.6 is 0 Å². The Kier molecular flexibility index (Phi) is 3.39. The number of phenols is 1. The third-order valence-electron chi connectivity index (χ3n) is 7.13. The monoisotopic (exact) mass is 487 g/mol. The number of anilines is 1. The molecule has 2 aliphatic heterocycles.